The van der Waals surface area contributed by atoms with Gasteiger partial charge in [0.15, 0.2) is 0 Å². The Kier molecular flexibility index (Phi) is 5.87. The van der Waals surface area contributed by atoms with E-state index in [9.17, 15) is 21.6 Å². The third-order valence-corrected chi connectivity index (χ3v) is 4.90. The molecule has 0 fully saturated rings. The molecule has 0 amide bonds. The van der Waals surface area contributed by atoms with Crippen LogP contribution in [0.1, 0.15) is 12.8 Å². The largest absolute Gasteiger partial charge is 0.481 e. The van der Waals surface area contributed by atoms with Gasteiger partial charge >= 0.3 is 5.97 Å². The third kappa shape index (κ3) is 6.69. The maximum Gasteiger partial charge on any atom is 0.305 e. The van der Waals surface area contributed by atoms with Crippen molar-refractivity contribution in [3.05, 3.63) is 12.4 Å². The summed E-state index contributed by atoms with van der Waals surface area (Å²) >= 11 is 0. The van der Waals surface area contributed by atoms with E-state index < -0.39 is 25.8 Å². The first-order valence-corrected chi connectivity index (χ1v) is 9.56. The fourth-order valence-corrected chi connectivity index (χ4v) is 3.13. The molecule has 0 aliphatic carbocycles. The minimum Gasteiger partial charge on any atom is -0.481 e. The number of rotatable bonds is 9. The van der Waals surface area contributed by atoms with Gasteiger partial charge in [0.2, 0.25) is 10.0 Å². The van der Waals surface area contributed by atoms with Gasteiger partial charge in [-0.1, -0.05) is 0 Å². The number of aryl methyl sites for hydroxylation is 1. The number of nitrogens with one attached hydrogen (secondary N) is 1. The molecule has 0 aliphatic rings. The summed E-state index contributed by atoms with van der Waals surface area (Å²) in [6, 6.07) is 0. The van der Waals surface area contributed by atoms with Crippen LogP contribution in [0.4, 0.5) is 0 Å². The van der Waals surface area contributed by atoms with E-state index in [2.05, 4.69) is 9.82 Å². The van der Waals surface area contributed by atoms with Crippen molar-refractivity contribution in [3.8, 4) is 0 Å². The van der Waals surface area contributed by atoms with Gasteiger partial charge in [-0.05, 0) is 6.42 Å². The van der Waals surface area contributed by atoms with Crippen LogP contribution in [-0.2, 0) is 31.2 Å². The predicted octanol–water partition coefficient (Wildman–Crippen LogP) is -0.929. The van der Waals surface area contributed by atoms with E-state index in [4.69, 9.17) is 5.11 Å². The maximum absolute atomic E-state index is 11.9. The summed E-state index contributed by atoms with van der Waals surface area (Å²) in [6.07, 6.45) is 3.42. The van der Waals surface area contributed by atoms with E-state index in [0.717, 1.165) is 12.5 Å². The predicted molar refractivity (Wildman–Crippen MR) is 74.0 cm³/mol. The SMILES string of the molecule is CS(=O)(=O)CCCNS(=O)(=O)c1cnn(CCC(=O)O)c1. The van der Waals surface area contributed by atoms with Crippen LogP contribution < -0.4 is 4.72 Å². The zero-order valence-electron chi connectivity index (χ0n) is 11.4. The molecule has 1 aromatic heterocycles. The molecule has 0 saturated heterocycles. The molecular formula is C10H17N3O6S2. The number of carboxylic acid groups (broad SMARTS) is 1. The number of nitrogens with zero attached hydrogens (tertiary/aromatic N) is 2. The number of hydrogen-bond donors (Lipinski definition) is 2. The molecule has 0 aliphatic heterocycles. The highest BCUT2D eigenvalue weighted by molar-refractivity contribution is 7.90. The molecule has 11 heteroatoms. The number of hydrogen-bond acceptors (Lipinski definition) is 6. The van der Waals surface area contributed by atoms with E-state index in [1.54, 1.807) is 0 Å². The topological polar surface area (TPSA) is 135 Å². The Bertz CT molecular complexity index is 692. The van der Waals surface area contributed by atoms with Gasteiger partial charge in [0, 0.05) is 19.0 Å². The summed E-state index contributed by atoms with van der Waals surface area (Å²) in [5.74, 6) is -1.11. The Morgan fingerprint density at radius 2 is 2.05 bits per heavy atom. The highest BCUT2D eigenvalue weighted by Gasteiger charge is 2.16. The van der Waals surface area contributed by atoms with Crippen molar-refractivity contribution >= 4 is 25.8 Å². The van der Waals surface area contributed by atoms with Gasteiger partial charge in [-0.3, -0.25) is 9.48 Å². The summed E-state index contributed by atoms with van der Waals surface area (Å²) < 4.78 is 49.1. The molecule has 1 aromatic rings. The van der Waals surface area contributed by atoms with Crippen molar-refractivity contribution in [2.75, 3.05) is 18.6 Å². The average molecular weight is 339 g/mol. The van der Waals surface area contributed by atoms with E-state index in [1.165, 1.54) is 10.9 Å². The van der Waals surface area contributed by atoms with Gasteiger partial charge < -0.3 is 5.11 Å². The van der Waals surface area contributed by atoms with Crippen molar-refractivity contribution in [1.82, 2.24) is 14.5 Å². The molecule has 9 nitrogen and oxygen atoms in total. The zero-order valence-corrected chi connectivity index (χ0v) is 13.0. The first kappa shape index (κ1) is 17.6. The summed E-state index contributed by atoms with van der Waals surface area (Å²) in [4.78, 5) is 10.3. The first-order valence-electron chi connectivity index (χ1n) is 6.02. The van der Waals surface area contributed by atoms with E-state index in [-0.39, 0.29) is 36.6 Å². The van der Waals surface area contributed by atoms with Crippen LogP contribution in [-0.4, -0.2) is 56.2 Å². The van der Waals surface area contributed by atoms with Gasteiger partial charge in [0.25, 0.3) is 0 Å². The van der Waals surface area contributed by atoms with Gasteiger partial charge in [-0.25, -0.2) is 21.6 Å². The minimum atomic E-state index is -3.77. The second-order valence-electron chi connectivity index (χ2n) is 4.46. The molecule has 0 radical (unpaired) electrons. The van der Waals surface area contributed by atoms with Crippen LogP contribution in [0.2, 0.25) is 0 Å². The molecule has 0 bridgehead atoms. The average Bonchev–Trinajstić information content (AvgIpc) is 2.80. The molecule has 0 spiro atoms. The Labute approximate surface area is 122 Å². The number of carboxylic acids is 1. The molecule has 21 heavy (non-hydrogen) atoms. The summed E-state index contributed by atoms with van der Waals surface area (Å²) in [7, 11) is -6.90. The van der Waals surface area contributed by atoms with Gasteiger partial charge in [-0.2, -0.15) is 5.10 Å². The standard InChI is InChI=1S/C10H17N3O6S2/c1-20(16,17)6-2-4-12-21(18,19)9-7-11-13(8-9)5-3-10(14)15/h7-8,12H,2-6H2,1H3,(H,14,15). The number of carbonyl (C=O) groups is 1. The Balaban J connectivity index is 2.56. The van der Waals surface area contributed by atoms with Crippen molar-refractivity contribution in [3.63, 3.8) is 0 Å². The second-order valence-corrected chi connectivity index (χ2v) is 8.49. The molecular weight excluding hydrogens is 322 g/mol. The number of aliphatic carboxylic acids is 1. The molecule has 0 atom stereocenters. The lowest BCUT2D eigenvalue weighted by Gasteiger charge is -2.03. The maximum atomic E-state index is 11.9. The molecule has 2 N–H and O–H groups in total. The first-order chi connectivity index (χ1) is 9.60. The highest BCUT2D eigenvalue weighted by atomic mass is 32.2. The minimum absolute atomic E-state index is 0.00426. The monoisotopic (exact) mass is 339 g/mol. The molecule has 0 saturated carbocycles. The second kappa shape index (κ2) is 7.00. The van der Waals surface area contributed by atoms with E-state index in [1.807, 2.05) is 0 Å². The smallest absolute Gasteiger partial charge is 0.305 e. The van der Waals surface area contributed by atoms with Crippen LogP contribution in [0.15, 0.2) is 17.3 Å². The highest BCUT2D eigenvalue weighted by Crippen LogP contribution is 2.07. The normalized spacial score (nSPS) is 12.4. The molecule has 1 heterocycles. The number of sulfonamides is 1. The molecule has 1 rings (SSSR count). The Morgan fingerprint density at radius 3 is 2.62 bits per heavy atom. The van der Waals surface area contributed by atoms with Crippen LogP contribution in [0.3, 0.4) is 0 Å². The molecule has 0 unspecified atom stereocenters. The van der Waals surface area contributed by atoms with Crippen molar-refractivity contribution in [1.29, 1.82) is 0 Å². The zero-order chi connectivity index (χ0) is 16.1. The quantitative estimate of drug-likeness (QED) is 0.555. The lowest BCUT2D eigenvalue weighted by molar-refractivity contribution is -0.137. The lowest BCUT2D eigenvalue weighted by atomic mass is 10.4. The number of sulfone groups is 1. The van der Waals surface area contributed by atoms with Crippen molar-refractivity contribution < 1.29 is 26.7 Å². The summed E-state index contributed by atoms with van der Waals surface area (Å²) in [6.45, 7) is 0.0641. The van der Waals surface area contributed by atoms with E-state index in [0.29, 0.717) is 0 Å². The summed E-state index contributed by atoms with van der Waals surface area (Å²) in [5, 5.41) is 12.3. The van der Waals surface area contributed by atoms with Crippen LogP contribution in [0.25, 0.3) is 0 Å². The van der Waals surface area contributed by atoms with Gasteiger partial charge in [0.05, 0.1) is 24.9 Å². The summed E-state index contributed by atoms with van der Waals surface area (Å²) in [5.41, 5.74) is 0. The molecule has 120 valence electrons. The van der Waals surface area contributed by atoms with Gasteiger partial charge in [-0.15, -0.1) is 0 Å². The van der Waals surface area contributed by atoms with Crippen LogP contribution in [0.5, 0.6) is 0 Å². The lowest BCUT2D eigenvalue weighted by Crippen LogP contribution is -2.25. The third-order valence-electron chi connectivity index (χ3n) is 2.46. The van der Waals surface area contributed by atoms with E-state index >= 15 is 0 Å². The van der Waals surface area contributed by atoms with Crippen LogP contribution in [0, 0.1) is 0 Å². The molecule has 0 aromatic carbocycles. The van der Waals surface area contributed by atoms with Crippen molar-refractivity contribution in [2.45, 2.75) is 24.3 Å². The van der Waals surface area contributed by atoms with Gasteiger partial charge in [0.1, 0.15) is 14.7 Å². The number of aromatic nitrogens is 2. The Hall–Kier alpha value is -1.46. The fraction of sp³-hybridized carbons (Fsp3) is 0.600. The van der Waals surface area contributed by atoms with Crippen molar-refractivity contribution in [2.24, 2.45) is 0 Å². The van der Waals surface area contributed by atoms with Crippen LogP contribution >= 0.6 is 0 Å². The fourth-order valence-electron chi connectivity index (χ4n) is 1.44. The Morgan fingerprint density at radius 1 is 1.38 bits per heavy atom.